The van der Waals surface area contributed by atoms with E-state index in [2.05, 4.69) is 52.2 Å². The first-order valence-electron chi connectivity index (χ1n) is 8.75. The highest BCUT2D eigenvalue weighted by Gasteiger charge is 2.17. The zero-order valence-corrected chi connectivity index (χ0v) is 14.8. The smallest absolute Gasteiger partial charge is 0.116 e. The number of likely N-dealkylation sites (N-methyl/N-ethyl adjacent to an activating group) is 1. The number of aryl methyl sites for hydroxylation is 2. The van der Waals surface area contributed by atoms with Crippen LogP contribution in [0.5, 0.6) is 0 Å². The largest absolute Gasteiger partial charge is 0.384 e. The van der Waals surface area contributed by atoms with Crippen molar-refractivity contribution in [3.8, 4) is 0 Å². The van der Waals surface area contributed by atoms with Crippen LogP contribution in [-0.2, 0) is 13.0 Å². The molecule has 0 spiro atoms. The van der Waals surface area contributed by atoms with Gasteiger partial charge in [0.15, 0.2) is 0 Å². The molecule has 3 rings (SSSR count). The summed E-state index contributed by atoms with van der Waals surface area (Å²) in [5.74, 6) is 0.318. The van der Waals surface area contributed by atoms with E-state index in [0.717, 1.165) is 50.6 Å². The number of piperazine rings is 1. The lowest BCUT2D eigenvalue weighted by Gasteiger charge is -2.34. The Bertz CT molecular complexity index is 638. The SMILES string of the molecule is C=C(N)/N=C(\C=C(/C)N1CCN(C)CC1)c1cc2n(n1)CCCC2. The number of nitrogens with zero attached hydrogens (tertiary/aromatic N) is 5. The molecule has 1 aromatic rings. The Morgan fingerprint density at radius 3 is 2.67 bits per heavy atom. The van der Waals surface area contributed by atoms with Gasteiger partial charge < -0.3 is 15.5 Å². The molecule has 1 saturated heterocycles. The quantitative estimate of drug-likeness (QED) is 0.853. The summed E-state index contributed by atoms with van der Waals surface area (Å²) in [7, 11) is 2.16. The molecule has 2 N–H and O–H groups in total. The highest BCUT2D eigenvalue weighted by Crippen LogP contribution is 2.17. The van der Waals surface area contributed by atoms with Crippen molar-refractivity contribution in [2.75, 3.05) is 33.2 Å². The maximum absolute atomic E-state index is 5.76. The first kappa shape index (κ1) is 16.8. The minimum atomic E-state index is 0.318. The summed E-state index contributed by atoms with van der Waals surface area (Å²) in [6, 6.07) is 2.15. The van der Waals surface area contributed by atoms with Crippen molar-refractivity contribution >= 4 is 5.71 Å². The number of hydrogen-bond acceptors (Lipinski definition) is 5. The molecule has 0 aliphatic carbocycles. The molecule has 0 amide bonds. The van der Waals surface area contributed by atoms with Crippen molar-refractivity contribution in [1.82, 2.24) is 19.6 Å². The third-order valence-corrected chi connectivity index (χ3v) is 4.79. The van der Waals surface area contributed by atoms with E-state index in [1.54, 1.807) is 0 Å². The average Bonchev–Trinajstić information content (AvgIpc) is 2.98. The summed E-state index contributed by atoms with van der Waals surface area (Å²) in [5.41, 5.74) is 9.95. The van der Waals surface area contributed by atoms with E-state index in [4.69, 9.17) is 10.8 Å². The Kier molecular flexibility index (Phi) is 5.04. The van der Waals surface area contributed by atoms with Crippen molar-refractivity contribution in [1.29, 1.82) is 0 Å². The maximum Gasteiger partial charge on any atom is 0.116 e. The van der Waals surface area contributed by atoms with Gasteiger partial charge in [0.25, 0.3) is 0 Å². The zero-order valence-electron chi connectivity index (χ0n) is 14.8. The molecule has 0 radical (unpaired) electrons. The Hall–Kier alpha value is -2.08. The number of fused-ring (bicyclic) bond motifs is 1. The second kappa shape index (κ2) is 7.21. The van der Waals surface area contributed by atoms with Gasteiger partial charge in [0.1, 0.15) is 11.5 Å². The molecule has 1 fully saturated rings. The van der Waals surface area contributed by atoms with E-state index in [9.17, 15) is 0 Å². The molecule has 130 valence electrons. The van der Waals surface area contributed by atoms with Crippen LogP contribution in [0, 0.1) is 0 Å². The molecule has 24 heavy (non-hydrogen) atoms. The second-order valence-electron chi connectivity index (χ2n) is 6.77. The number of aromatic nitrogens is 2. The summed E-state index contributed by atoms with van der Waals surface area (Å²) < 4.78 is 2.10. The molecule has 2 aliphatic heterocycles. The third-order valence-electron chi connectivity index (χ3n) is 4.79. The van der Waals surface area contributed by atoms with Crippen molar-refractivity contribution in [3.05, 3.63) is 41.6 Å². The van der Waals surface area contributed by atoms with E-state index in [-0.39, 0.29) is 0 Å². The van der Waals surface area contributed by atoms with Crippen LogP contribution < -0.4 is 5.73 Å². The molecular weight excluding hydrogens is 300 g/mol. The first-order chi connectivity index (χ1) is 11.5. The fourth-order valence-corrected chi connectivity index (χ4v) is 3.31. The van der Waals surface area contributed by atoms with E-state index < -0.39 is 0 Å². The number of nitrogens with two attached hydrogens (primary N) is 1. The van der Waals surface area contributed by atoms with Gasteiger partial charge in [0, 0.05) is 44.1 Å². The van der Waals surface area contributed by atoms with E-state index in [0.29, 0.717) is 5.82 Å². The van der Waals surface area contributed by atoms with Crippen LogP contribution >= 0.6 is 0 Å². The van der Waals surface area contributed by atoms with Crippen LogP contribution in [0.4, 0.5) is 0 Å². The van der Waals surface area contributed by atoms with Crippen molar-refractivity contribution in [2.45, 2.75) is 32.7 Å². The number of hydrogen-bond donors (Lipinski definition) is 1. The van der Waals surface area contributed by atoms with Gasteiger partial charge in [-0.1, -0.05) is 6.58 Å². The average molecular weight is 328 g/mol. The number of rotatable bonds is 4. The first-order valence-corrected chi connectivity index (χ1v) is 8.75. The zero-order chi connectivity index (χ0) is 17.1. The van der Waals surface area contributed by atoms with Gasteiger partial charge >= 0.3 is 0 Å². The minimum Gasteiger partial charge on any atom is -0.384 e. The van der Waals surface area contributed by atoms with Gasteiger partial charge in [-0.25, -0.2) is 4.99 Å². The predicted octanol–water partition coefficient (Wildman–Crippen LogP) is 1.59. The fourth-order valence-electron chi connectivity index (χ4n) is 3.31. The lowest BCUT2D eigenvalue weighted by Crippen LogP contribution is -2.43. The highest BCUT2D eigenvalue weighted by molar-refractivity contribution is 6.08. The van der Waals surface area contributed by atoms with Crippen molar-refractivity contribution < 1.29 is 0 Å². The predicted molar refractivity (Wildman–Crippen MR) is 97.9 cm³/mol. The fraction of sp³-hybridized carbons (Fsp3) is 0.556. The number of aliphatic imine (C=N–C) groups is 1. The Balaban J connectivity index is 1.85. The van der Waals surface area contributed by atoms with Crippen LogP contribution in [0.2, 0.25) is 0 Å². The lowest BCUT2D eigenvalue weighted by atomic mass is 10.1. The third kappa shape index (κ3) is 3.87. The van der Waals surface area contributed by atoms with Gasteiger partial charge in [-0.3, -0.25) is 4.68 Å². The van der Waals surface area contributed by atoms with E-state index >= 15 is 0 Å². The molecule has 1 aromatic heterocycles. The Morgan fingerprint density at radius 1 is 1.25 bits per heavy atom. The lowest BCUT2D eigenvalue weighted by molar-refractivity contribution is 0.187. The van der Waals surface area contributed by atoms with Gasteiger partial charge in [-0.2, -0.15) is 5.10 Å². The molecule has 0 aromatic carbocycles. The molecule has 2 aliphatic rings. The molecular formula is C18H28N6. The highest BCUT2D eigenvalue weighted by atomic mass is 15.3. The van der Waals surface area contributed by atoms with Crippen LogP contribution in [0.3, 0.4) is 0 Å². The van der Waals surface area contributed by atoms with Gasteiger partial charge in [0.05, 0.1) is 5.71 Å². The molecule has 6 nitrogen and oxygen atoms in total. The topological polar surface area (TPSA) is 62.7 Å². The number of allylic oxidation sites excluding steroid dienone is 2. The second-order valence-corrected chi connectivity index (χ2v) is 6.77. The van der Waals surface area contributed by atoms with Crippen LogP contribution in [-0.4, -0.2) is 58.5 Å². The Morgan fingerprint density at radius 2 is 2.00 bits per heavy atom. The molecule has 0 atom stereocenters. The summed E-state index contributed by atoms with van der Waals surface area (Å²) in [6.07, 6.45) is 5.61. The minimum absolute atomic E-state index is 0.318. The molecule has 0 unspecified atom stereocenters. The summed E-state index contributed by atoms with van der Waals surface area (Å²) >= 11 is 0. The van der Waals surface area contributed by atoms with E-state index in [1.807, 2.05) is 0 Å². The molecule has 0 saturated carbocycles. The van der Waals surface area contributed by atoms with Crippen LogP contribution in [0.1, 0.15) is 31.2 Å². The Labute approximate surface area is 144 Å². The summed E-state index contributed by atoms with van der Waals surface area (Å²) in [5, 5.41) is 4.73. The maximum atomic E-state index is 5.76. The van der Waals surface area contributed by atoms with Gasteiger partial charge in [0.2, 0.25) is 0 Å². The molecule has 0 bridgehead atoms. The standard InChI is InChI=1S/C18H28N6/c1-14(23-10-8-22(3)9-11-23)12-17(20-15(2)19)18-13-16-6-4-5-7-24(16)21-18/h12-13H,2,4-11,19H2,1,3H3/b14-12+,20-17+. The molecule has 3 heterocycles. The van der Waals surface area contributed by atoms with Gasteiger partial charge in [-0.05, 0) is 45.4 Å². The monoisotopic (exact) mass is 328 g/mol. The normalized spacial score (nSPS) is 20.2. The van der Waals surface area contributed by atoms with Crippen LogP contribution in [0.15, 0.2) is 35.2 Å². The van der Waals surface area contributed by atoms with Gasteiger partial charge in [-0.15, -0.1) is 0 Å². The summed E-state index contributed by atoms with van der Waals surface area (Å²) in [4.78, 5) is 9.20. The van der Waals surface area contributed by atoms with Crippen molar-refractivity contribution in [2.24, 2.45) is 10.7 Å². The summed E-state index contributed by atoms with van der Waals surface area (Å²) in [6.45, 7) is 11.1. The molecule has 6 heteroatoms. The van der Waals surface area contributed by atoms with Crippen molar-refractivity contribution in [3.63, 3.8) is 0 Å². The van der Waals surface area contributed by atoms with E-state index in [1.165, 1.54) is 24.2 Å². The van der Waals surface area contributed by atoms with Crippen LogP contribution in [0.25, 0.3) is 0 Å².